The number of halogens is 1. The number of hydrogen-bond acceptors (Lipinski definition) is 4. The Balaban J connectivity index is 2.74. The second-order valence-electron chi connectivity index (χ2n) is 2.86. The first-order valence-electron chi connectivity index (χ1n) is 4.36. The topological polar surface area (TPSA) is 57.0 Å². The van der Waals surface area contributed by atoms with Crippen LogP contribution in [0.25, 0.3) is 0 Å². The molecule has 6 heteroatoms. The minimum absolute atomic E-state index is 0.125. The third-order valence-electron chi connectivity index (χ3n) is 1.48. The third-order valence-corrected chi connectivity index (χ3v) is 2.81. The zero-order valence-electron chi connectivity index (χ0n) is 8.40. The zero-order valence-corrected chi connectivity index (χ0v) is 10.6. The van der Waals surface area contributed by atoms with Gasteiger partial charge in [0.1, 0.15) is 0 Å². The van der Waals surface area contributed by atoms with Crippen LogP contribution in [0.15, 0.2) is 6.33 Å². The van der Waals surface area contributed by atoms with Crippen LogP contribution in [0.5, 0.6) is 0 Å². The molecule has 0 aliphatic rings. The SMILES string of the molecule is CC[I-]OC(=O)c1ncnn1C(C)C. The average molecular weight is 310 g/mol. The molecule has 0 saturated carbocycles. The molecule has 0 fully saturated rings. The molecule has 0 amide bonds. The van der Waals surface area contributed by atoms with Crippen molar-refractivity contribution in [1.29, 1.82) is 0 Å². The van der Waals surface area contributed by atoms with Gasteiger partial charge in [0.15, 0.2) is 0 Å². The van der Waals surface area contributed by atoms with Crippen molar-refractivity contribution in [2.45, 2.75) is 26.8 Å². The van der Waals surface area contributed by atoms with Gasteiger partial charge >= 0.3 is 93.6 Å². The maximum atomic E-state index is 11.5. The monoisotopic (exact) mass is 310 g/mol. The number of carbonyl (C=O) groups excluding carboxylic acids is 1. The first-order chi connectivity index (χ1) is 6.66. The van der Waals surface area contributed by atoms with Crippen molar-refractivity contribution in [1.82, 2.24) is 14.8 Å². The van der Waals surface area contributed by atoms with E-state index in [0.29, 0.717) is 5.82 Å². The van der Waals surface area contributed by atoms with Crippen LogP contribution in [0.3, 0.4) is 0 Å². The Kier molecular flexibility index (Phi) is 4.30. The summed E-state index contributed by atoms with van der Waals surface area (Å²) in [6.07, 6.45) is 1.38. The van der Waals surface area contributed by atoms with Crippen LogP contribution in [0.4, 0.5) is 0 Å². The summed E-state index contributed by atoms with van der Waals surface area (Å²) in [6.45, 7) is 5.88. The zero-order chi connectivity index (χ0) is 10.6. The molecule has 0 atom stereocenters. The number of carbonyl (C=O) groups is 1. The van der Waals surface area contributed by atoms with Crippen molar-refractivity contribution in [3.63, 3.8) is 0 Å². The first kappa shape index (κ1) is 11.4. The van der Waals surface area contributed by atoms with Gasteiger partial charge in [0.05, 0.1) is 0 Å². The fourth-order valence-electron chi connectivity index (χ4n) is 0.913. The summed E-state index contributed by atoms with van der Waals surface area (Å²) in [5.41, 5.74) is 0. The van der Waals surface area contributed by atoms with Crippen LogP contribution >= 0.6 is 0 Å². The number of rotatable bonds is 4. The molecule has 14 heavy (non-hydrogen) atoms. The van der Waals surface area contributed by atoms with E-state index in [1.807, 2.05) is 20.8 Å². The summed E-state index contributed by atoms with van der Waals surface area (Å²) in [6, 6.07) is 0.125. The molecule has 1 aromatic rings. The summed E-state index contributed by atoms with van der Waals surface area (Å²) < 4.78 is 7.56. The van der Waals surface area contributed by atoms with E-state index in [2.05, 4.69) is 10.1 Å². The summed E-state index contributed by atoms with van der Waals surface area (Å²) in [5.74, 6) is -0.0565. The molecule has 80 valence electrons. The predicted octanol–water partition coefficient (Wildman–Crippen LogP) is -1.96. The van der Waals surface area contributed by atoms with Crippen LogP contribution in [-0.2, 0) is 3.07 Å². The van der Waals surface area contributed by atoms with Gasteiger partial charge < -0.3 is 0 Å². The second-order valence-corrected chi connectivity index (χ2v) is 5.45. The summed E-state index contributed by atoms with van der Waals surface area (Å²) in [7, 11) is 0. The molecule has 0 radical (unpaired) electrons. The van der Waals surface area contributed by atoms with Gasteiger partial charge in [-0.05, 0) is 0 Å². The van der Waals surface area contributed by atoms with Gasteiger partial charge in [0, 0.05) is 0 Å². The van der Waals surface area contributed by atoms with E-state index < -0.39 is 21.6 Å². The van der Waals surface area contributed by atoms with E-state index >= 15 is 0 Å². The number of aromatic nitrogens is 3. The molecule has 1 aromatic heterocycles. The Hall–Kier alpha value is -0.660. The van der Waals surface area contributed by atoms with Crippen LogP contribution in [0.2, 0.25) is 0 Å². The van der Waals surface area contributed by atoms with Gasteiger partial charge in [-0.2, -0.15) is 0 Å². The molecule has 0 spiro atoms. The number of nitrogens with zero attached hydrogens (tertiary/aromatic N) is 3. The average Bonchev–Trinajstić information content (AvgIpc) is 2.62. The molecule has 0 aliphatic heterocycles. The van der Waals surface area contributed by atoms with Crippen LogP contribution in [0.1, 0.15) is 37.4 Å². The van der Waals surface area contributed by atoms with E-state index in [1.165, 1.54) is 6.33 Å². The van der Waals surface area contributed by atoms with Crippen molar-refractivity contribution in [3.05, 3.63) is 12.2 Å². The van der Waals surface area contributed by atoms with E-state index in [-0.39, 0.29) is 12.0 Å². The first-order valence-corrected chi connectivity index (χ1v) is 6.77. The van der Waals surface area contributed by atoms with Crippen molar-refractivity contribution < 1.29 is 29.5 Å². The molecule has 0 aromatic carbocycles. The minimum atomic E-state index is -0.482. The van der Waals surface area contributed by atoms with E-state index in [0.717, 1.165) is 4.43 Å². The van der Waals surface area contributed by atoms with Crippen molar-refractivity contribution in [2.24, 2.45) is 0 Å². The molecule has 1 heterocycles. The van der Waals surface area contributed by atoms with Gasteiger partial charge in [0.2, 0.25) is 0 Å². The molecule has 0 unspecified atom stereocenters. The van der Waals surface area contributed by atoms with Gasteiger partial charge in [-0.1, -0.05) is 0 Å². The van der Waals surface area contributed by atoms with E-state index in [1.54, 1.807) is 4.68 Å². The second kappa shape index (κ2) is 5.28. The maximum absolute atomic E-state index is 11.5. The molecule has 0 aliphatic carbocycles. The molecule has 0 N–H and O–H groups in total. The summed E-state index contributed by atoms with van der Waals surface area (Å²) in [5, 5.41) is 3.96. The number of hydrogen-bond donors (Lipinski definition) is 0. The van der Waals surface area contributed by atoms with Crippen molar-refractivity contribution >= 4 is 5.97 Å². The van der Waals surface area contributed by atoms with E-state index in [9.17, 15) is 4.79 Å². The molecular weight excluding hydrogens is 297 g/mol. The Morgan fingerprint density at radius 3 is 3.00 bits per heavy atom. The Morgan fingerprint density at radius 1 is 1.71 bits per heavy atom. The molecule has 0 saturated heterocycles. The van der Waals surface area contributed by atoms with Gasteiger partial charge in [0.25, 0.3) is 0 Å². The third kappa shape index (κ3) is 2.66. The van der Waals surface area contributed by atoms with Crippen molar-refractivity contribution in [3.8, 4) is 0 Å². The normalized spacial score (nSPS) is 10.9. The molecule has 1 rings (SSSR count). The quantitative estimate of drug-likeness (QED) is 0.479. The molecule has 0 bridgehead atoms. The van der Waals surface area contributed by atoms with Crippen LogP contribution in [-0.4, -0.2) is 25.2 Å². The van der Waals surface area contributed by atoms with E-state index in [4.69, 9.17) is 3.07 Å². The van der Waals surface area contributed by atoms with Gasteiger partial charge in [-0.15, -0.1) is 0 Å². The van der Waals surface area contributed by atoms with Gasteiger partial charge in [-0.3, -0.25) is 0 Å². The standard InChI is InChI=1S/C8H13IN3O2/c1-4-9-14-8(13)7-10-5-11-12(7)6(2)3/h5-6H,4H2,1-3H3/q-1. The Morgan fingerprint density at radius 2 is 2.43 bits per heavy atom. The molecule has 5 nitrogen and oxygen atoms in total. The van der Waals surface area contributed by atoms with Crippen LogP contribution < -0.4 is 21.6 Å². The van der Waals surface area contributed by atoms with Crippen molar-refractivity contribution in [2.75, 3.05) is 4.43 Å². The fraction of sp³-hybridized carbons (Fsp3) is 0.625. The predicted molar refractivity (Wildman–Crippen MR) is 46.4 cm³/mol. The van der Waals surface area contributed by atoms with Crippen LogP contribution in [0, 0.1) is 0 Å². The number of alkyl halides is 1. The Bertz CT molecular complexity index is 311. The fourth-order valence-corrected chi connectivity index (χ4v) is 1.70. The summed E-state index contributed by atoms with van der Waals surface area (Å²) >= 11 is -0.482. The Labute approximate surface area is 93.7 Å². The molecular formula is C8H13IN3O2-. The van der Waals surface area contributed by atoms with Gasteiger partial charge in [-0.25, -0.2) is 0 Å². The summed E-state index contributed by atoms with van der Waals surface area (Å²) in [4.78, 5) is 15.4.